The number of rotatable bonds is 4. The lowest BCUT2D eigenvalue weighted by atomic mass is 10.0. The molecule has 8 aromatic carbocycles. The van der Waals surface area contributed by atoms with Gasteiger partial charge in [0.2, 0.25) is 0 Å². The van der Waals surface area contributed by atoms with Gasteiger partial charge in [0.05, 0.1) is 33.1 Å². The summed E-state index contributed by atoms with van der Waals surface area (Å²) in [7, 11) is 0. The van der Waals surface area contributed by atoms with E-state index in [1.54, 1.807) is 0 Å². The Bertz CT molecular complexity index is 3120. The molecule has 0 fully saturated rings. The van der Waals surface area contributed by atoms with Crippen LogP contribution in [0, 0.1) is 0 Å². The topological polar surface area (TPSA) is 14.8 Å². The summed E-state index contributed by atoms with van der Waals surface area (Å²) in [6, 6.07) is 68.4. The second-order valence-electron chi connectivity index (χ2n) is 13.4. The van der Waals surface area contributed by atoms with Crippen molar-refractivity contribution in [2.75, 3.05) is 0 Å². The summed E-state index contributed by atoms with van der Waals surface area (Å²) in [6.45, 7) is 0. The molecule has 3 aromatic heterocycles. The first-order chi connectivity index (χ1) is 25.3. The molecule has 0 saturated heterocycles. The van der Waals surface area contributed by atoms with Crippen molar-refractivity contribution in [3.63, 3.8) is 0 Å². The highest BCUT2D eigenvalue weighted by atomic mass is 15.0. The lowest BCUT2D eigenvalue weighted by Crippen LogP contribution is -1.95. The molecule has 0 aliphatic rings. The van der Waals surface area contributed by atoms with Crippen LogP contribution in [0.1, 0.15) is 0 Å². The maximum absolute atomic E-state index is 2.45. The van der Waals surface area contributed by atoms with Crippen molar-refractivity contribution in [3.8, 4) is 28.2 Å². The maximum atomic E-state index is 2.45. The van der Waals surface area contributed by atoms with Crippen molar-refractivity contribution in [2.45, 2.75) is 0 Å². The van der Waals surface area contributed by atoms with Crippen molar-refractivity contribution in [1.29, 1.82) is 0 Å². The molecule has 0 atom stereocenters. The average molecular weight is 650 g/mol. The molecule has 0 spiro atoms. The fraction of sp³-hybridized carbons (Fsp3) is 0. The van der Waals surface area contributed by atoms with E-state index >= 15 is 0 Å². The second kappa shape index (κ2) is 10.8. The highest BCUT2D eigenvalue weighted by Crippen LogP contribution is 2.40. The molecule has 0 aliphatic carbocycles. The lowest BCUT2D eigenvalue weighted by molar-refractivity contribution is 1.17. The molecule has 0 bridgehead atoms. The predicted octanol–water partition coefficient (Wildman–Crippen LogP) is 12.6. The summed E-state index contributed by atoms with van der Waals surface area (Å²) in [5.41, 5.74) is 13.2. The number of aromatic nitrogens is 3. The fourth-order valence-electron chi connectivity index (χ4n) is 8.40. The van der Waals surface area contributed by atoms with Gasteiger partial charge in [-0.2, -0.15) is 0 Å². The van der Waals surface area contributed by atoms with Gasteiger partial charge in [-0.3, -0.25) is 0 Å². The van der Waals surface area contributed by atoms with Gasteiger partial charge in [0.15, 0.2) is 0 Å². The molecule has 0 amide bonds. The highest BCUT2D eigenvalue weighted by Gasteiger charge is 2.19. The standard InChI is InChI=1S/C48H31N3/c1-3-15-34(16-4-1)49-43-23-10-7-20-37(43)40-29-33(26-27-46(40)49)32-14-13-19-36(28-32)51-45-25-12-9-22-39(45)42-30-47-41(31-48(42)51)38-21-8-11-24-44(38)50(47)35-17-5-2-6-18-35/h1-31H. The Balaban J connectivity index is 1.13. The van der Waals surface area contributed by atoms with Crippen LogP contribution in [-0.2, 0) is 0 Å². The summed E-state index contributed by atoms with van der Waals surface area (Å²) < 4.78 is 7.22. The first kappa shape index (κ1) is 28.0. The Labute approximate surface area is 294 Å². The predicted molar refractivity (Wildman–Crippen MR) is 215 cm³/mol. The molecule has 3 nitrogen and oxygen atoms in total. The molecule has 238 valence electrons. The van der Waals surface area contributed by atoms with Crippen LogP contribution in [-0.4, -0.2) is 13.7 Å². The molecule has 0 radical (unpaired) electrons. The monoisotopic (exact) mass is 649 g/mol. The highest BCUT2D eigenvalue weighted by molar-refractivity contribution is 6.19. The van der Waals surface area contributed by atoms with Crippen LogP contribution in [0.4, 0.5) is 0 Å². The molecule has 3 heteroatoms. The molecule has 3 heterocycles. The van der Waals surface area contributed by atoms with E-state index < -0.39 is 0 Å². The zero-order chi connectivity index (χ0) is 33.5. The Morgan fingerprint density at radius 2 is 0.608 bits per heavy atom. The minimum absolute atomic E-state index is 1.15. The van der Waals surface area contributed by atoms with Gasteiger partial charge in [0.25, 0.3) is 0 Å². The van der Waals surface area contributed by atoms with Gasteiger partial charge in [-0.05, 0) is 90.0 Å². The van der Waals surface area contributed by atoms with Crippen LogP contribution in [0.15, 0.2) is 188 Å². The van der Waals surface area contributed by atoms with Gasteiger partial charge >= 0.3 is 0 Å². The Kier molecular flexibility index (Phi) is 5.96. The van der Waals surface area contributed by atoms with E-state index in [1.165, 1.54) is 87.9 Å². The zero-order valence-corrected chi connectivity index (χ0v) is 27.7. The van der Waals surface area contributed by atoms with Crippen LogP contribution < -0.4 is 0 Å². The van der Waals surface area contributed by atoms with Gasteiger partial charge in [-0.1, -0.05) is 109 Å². The fourth-order valence-corrected chi connectivity index (χ4v) is 8.40. The van der Waals surface area contributed by atoms with Gasteiger partial charge in [-0.15, -0.1) is 0 Å². The summed E-state index contributed by atoms with van der Waals surface area (Å²) in [5.74, 6) is 0. The summed E-state index contributed by atoms with van der Waals surface area (Å²) in [4.78, 5) is 0. The third-order valence-corrected chi connectivity index (χ3v) is 10.6. The van der Waals surface area contributed by atoms with Gasteiger partial charge in [0, 0.05) is 49.4 Å². The minimum Gasteiger partial charge on any atom is -0.309 e. The Morgan fingerprint density at radius 3 is 1.16 bits per heavy atom. The van der Waals surface area contributed by atoms with E-state index in [0.29, 0.717) is 0 Å². The van der Waals surface area contributed by atoms with Crippen molar-refractivity contribution >= 4 is 65.4 Å². The van der Waals surface area contributed by atoms with Gasteiger partial charge in [0.1, 0.15) is 0 Å². The van der Waals surface area contributed by atoms with Crippen molar-refractivity contribution in [2.24, 2.45) is 0 Å². The maximum Gasteiger partial charge on any atom is 0.0548 e. The molecule has 11 rings (SSSR count). The van der Waals surface area contributed by atoms with E-state index in [-0.39, 0.29) is 0 Å². The van der Waals surface area contributed by atoms with Crippen LogP contribution in [0.5, 0.6) is 0 Å². The van der Waals surface area contributed by atoms with Crippen LogP contribution in [0.25, 0.3) is 93.6 Å². The molecule has 11 aromatic rings. The first-order valence-corrected chi connectivity index (χ1v) is 17.5. The normalized spacial score (nSPS) is 11.9. The molecular formula is C48H31N3. The Morgan fingerprint density at radius 1 is 0.216 bits per heavy atom. The number of para-hydroxylation sites is 5. The van der Waals surface area contributed by atoms with Gasteiger partial charge < -0.3 is 13.7 Å². The summed E-state index contributed by atoms with van der Waals surface area (Å²) in [5, 5.41) is 7.52. The number of hydrogen-bond donors (Lipinski definition) is 0. The first-order valence-electron chi connectivity index (χ1n) is 17.5. The molecule has 0 unspecified atom stereocenters. The van der Waals surface area contributed by atoms with E-state index in [2.05, 4.69) is 202 Å². The number of nitrogens with zero attached hydrogens (tertiary/aromatic N) is 3. The largest absolute Gasteiger partial charge is 0.309 e. The van der Waals surface area contributed by atoms with Crippen LogP contribution in [0.3, 0.4) is 0 Å². The van der Waals surface area contributed by atoms with Crippen molar-refractivity contribution in [3.05, 3.63) is 188 Å². The summed E-state index contributed by atoms with van der Waals surface area (Å²) in [6.07, 6.45) is 0. The van der Waals surface area contributed by atoms with E-state index in [0.717, 1.165) is 5.69 Å². The molecule has 0 saturated carbocycles. The third-order valence-electron chi connectivity index (χ3n) is 10.6. The minimum atomic E-state index is 1.15. The second-order valence-corrected chi connectivity index (χ2v) is 13.4. The van der Waals surface area contributed by atoms with Crippen LogP contribution in [0.2, 0.25) is 0 Å². The van der Waals surface area contributed by atoms with Crippen molar-refractivity contribution in [1.82, 2.24) is 13.7 Å². The lowest BCUT2D eigenvalue weighted by Gasteiger charge is -2.11. The van der Waals surface area contributed by atoms with Gasteiger partial charge in [-0.25, -0.2) is 0 Å². The summed E-state index contributed by atoms with van der Waals surface area (Å²) >= 11 is 0. The number of benzene rings is 8. The molecule has 51 heavy (non-hydrogen) atoms. The third kappa shape index (κ3) is 4.12. The quantitative estimate of drug-likeness (QED) is 0.180. The average Bonchev–Trinajstić information content (AvgIpc) is 3.83. The smallest absolute Gasteiger partial charge is 0.0548 e. The SMILES string of the molecule is c1ccc(-n2c3ccccc3c3cc(-c4cccc(-n5c6ccccc6c6cc7c(cc65)c5ccccc5n7-c5ccccc5)c4)ccc32)cc1. The molecule has 0 N–H and O–H groups in total. The van der Waals surface area contributed by atoms with Crippen molar-refractivity contribution < 1.29 is 0 Å². The van der Waals surface area contributed by atoms with E-state index in [4.69, 9.17) is 0 Å². The number of hydrogen-bond acceptors (Lipinski definition) is 0. The zero-order valence-electron chi connectivity index (χ0n) is 27.7. The van der Waals surface area contributed by atoms with E-state index in [1.807, 2.05) is 0 Å². The van der Waals surface area contributed by atoms with E-state index in [9.17, 15) is 0 Å². The van der Waals surface area contributed by atoms with Crippen LogP contribution >= 0.6 is 0 Å². The molecular weight excluding hydrogens is 619 g/mol. The molecule has 0 aliphatic heterocycles. The number of fused-ring (bicyclic) bond motifs is 9. The Hall–Kier alpha value is -6.84.